The molecule has 9 heavy (non-hydrogen) atoms. The summed E-state index contributed by atoms with van der Waals surface area (Å²) in [5, 5.41) is 3.54. The molecule has 0 spiro atoms. The van der Waals surface area contributed by atoms with Crippen molar-refractivity contribution in [1.82, 2.24) is 5.16 Å². The highest BCUT2D eigenvalue weighted by molar-refractivity contribution is 5.39. The molecular formula is C6H10N2O. The molecule has 0 saturated heterocycles. The smallest absolute Gasteiger partial charge is 0.162 e. The van der Waals surface area contributed by atoms with Crippen LogP contribution in [0.2, 0.25) is 0 Å². The lowest BCUT2D eigenvalue weighted by atomic mass is 10.1. The Labute approximate surface area is 53.8 Å². The third kappa shape index (κ3) is 1.04. The van der Waals surface area contributed by atoms with Crippen LogP contribution >= 0.6 is 0 Å². The van der Waals surface area contributed by atoms with Crippen LogP contribution in [0.1, 0.15) is 25.5 Å². The van der Waals surface area contributed by atoms with E-state index in [0.29, 0.717) is 11.6 Å². The predicted octanol–water partition coefficient (Wildman–Crippen LogP) is 1.38. The van der Waals surface area contributed by atoms with Crippen LogP contribution in [-0.2, 0) is 0 Å². The maximum Gasteiger partial charge on any atom is 0.162 e. The highest BCUT2D eigenvalue weighted by Crippen LogP contribution is 2.19. The topological polar surface area (TPSA) is 52.0 Å². The van der Waals surface area contributed by atoms with Crippen molar-refractivity contribution in [3.8, 4) is 0 Å². The van der Waals surface area contributed by atoms with E-state index in [1.807, 2.05) is 13.8 Å². The Bertz CT molecular complexity index is 193. The van der Waals surface area contributed by atoms with Gasteiger partial charge < -0.3 is 10.3 Å². The van der Waals surface area contributed by atoms with Crippen LogP contribution < -0.4 is 5.73 Å². The molecule has 2 N–H and O–H groups in total. The Morgan fingerprint density at radius 2 is 2.33 bits per heavy atom. The lowest BCUT2D eigenvalue weighted by molar-refractivity contribution is 0.372. The summed E-state index contributed by atoms with van der Waals surface area (Å²) < 4.78 is 4.85. The predicted molar refractivity (Wildman–Crippen MR) is 35.0 cm³/mol. The molecule has 1 aromatic rings. The number of anilines is 1. The van der Waals surface area contributed by atoms with Crippen LogP contribution in [0.3, 0.4) is 0 Å². The molecule has 0 radical (unpaired) electrons. The summed E-state index contributed by atoms with van der Waals surface area (Å²) in [6.45, 7) is 4.02. The number of nitrogen functional groups attached to an aromatic ring is 1. The Morgan fingerprint density at radius 3 is 2.56 bits per heavy atom. The SMILES string of the molecule is CC(C)c1oncc1N. The second kappa shape index (κ2) is 2.09. The fraction of sp³-hybridized carbons (Fsp3) is 0.500. The Morgan fingerprint density at radius 1 is 1.67 bits per heavy atom. The molecule has 0 atom stereocenters. The van der Waals surface area contributed by atoms with Gasteiger partial charge in [0.1, 0.15) is 0 Å². The molecule has 1 aromatic heterocycles. The van der Waals surface area contributed by atoms with Crippen molar-refractivity contribution < 1.29 is 4.52 Å². The number of rotatable bonds is 1. The van der Waals surface area contributed by atoms with E-state index in [2.05, 4.69) is 5.16 Å². The van der Waals surface area contributed by atoms with Crippen LogP contribution in [0.25, 0.3) is 0 Å². The summed E-state index contributed by atoms with van der Waals surface area (Å²) in [6.07, 6.45) is 1.52. The summed E-state index contributed by atoms with van der Waals surface area (Å²) >= 11 is 0. The normalized spacial score (nSPS) is 10.6. The first-order valence-corrected chi connectivity index (χ1v) is 2.92. The summed E-state index contributed by atoms with van der Waals surface area (Å²) in [6, 6.07) is 0. The summed E-state index contributed by atoms with van der Waals surface area (Å²) in [7, 11) is 0. The average molecular weight is 126 g/mol. The Kier molecular flexibility index (Phi) is 1.42. The van der Waals surface area contributed by atoms with Crippen molar-refractivity contribution >= 4 is 5.69 Å². The second-order valence-electron chi connectivity index (χ2n) is 2.30. The molecule has 0 aliphatic rings. The standard InChI is InChI=1S/C6H10N2O/c1-4(2)6-5(7)3-8-9-6/h3-4H,7H2,1-2H3. The van der Waals surface area contributed by atoms with Crippen molar-refractivity contribution in [3.05, 3.63) is 12.0 Å². The van der Waals surface area contributed by atoms with E-state index in [1.165, 1.54) is 6.20 Å². The molecule has 0 aliphatic heterocycles. The number of aromatic nitrogens is 1. The van der Waals surface area contributed by atoms with E-state index in [-0.39, 0.29) is 0 Å². The Hall–Kier alpha value is -0.990. The molecule has 0 amide bonds. The second-order valence-corrected chi connectivity index (χ2v) is 2.30. The lowest BCUT2D eigenvalue weighted by Gasteiger charge is -1.96. The third-order valence-electron chi connectivity index (χ3n) is 1.15. The molecule has 0 aliphatic carbocycles. The molecule has 1 rings (SSSR count). The van der Waals surface area contributed by atoms with E-state index in [0.717, 1.165) is 5.76 Å². The number of nitrogens with zero attached hydrogens (tertiary/aromatic N) is 1. The molecule has 50 valence electrons. The third-order valence-corrected chi connectivity index (χ3v) is 1.15. The molecule has 0 aromatic carbocycles. The van der Waals surface area contributed by atoms with E-state index in [9.17, 15) is 0 Å². The molecular weight excluding hydrogens is 116 g/mol. The van der Waals surface area contributed by atoms with Crippen molar-refractivity contribution in [1.29, 1.82) is 0 Å². The molecule has 0 unspecified atom stereocenters. The van der Waals surface area contributed by atoms with Crippen molar-refractivity contribution in [2.45, 2.75) is 19.8 Å². The molecule has 0 saturated carbocycles. The van der Waals surface area contributed by atoms with Gasteiger partial charge in [-0.3, -0.25) is 0 Å². The molecule has 0 bridgehead atoms. The van der Waals surface area contributed by atoms with Crippen LogP contribution in [0.15, 0.2) is 10.7 Å². The lowest BCUT2D eigenvalue weighted by Crippen LogP contribution is -1.90. The first kappa shape index (κ1) is 6.13. The van der Waals surface area contributed by atoms with Crippen LogP contribution in [0, 0.1) is 0 Å². The van der Waals surface area contributed by atoms with Gasteiger partial charge in [0.25, 0.3) is 0 Å². The fourth-order valence-electron chi connectivity index (χ4n) is 0.695. The van der Waals surface area contributed by atoms with Gasteiger partial charge in [-0.15, -0.1) is 0 Å². The number of hydrogen-bond donors (Lipinski definition) is 1. The van der Waals surface area contributed by atoms with Gasteiger partial charge in [-0.2, -0.15) is 0 Å². The molecule has 1 heterocycles. The number of nitrogens with two attached hydrogens (primary N) is 1. The zero-order valence-corrected chi connectivity index (χ0v) is 5.59. The highest BCUT2D eigenvalue weighted by atomic mass is 16.5. The van der Waals surface area contributed by atoms with Crippen LogP contribution in [-0.4, -0.2) is 5.16 Å². The van der Waals surface area contributed by atoms with E-state index in [4.69, 9.17) is 10.3 Å². The summed E-state index contributed by atoms with van der Waals surface area (Å²) in [4.78, 5) is 0. The van der Waals surface area contributed by atoms with Gasteiger partial charge >= 0.3 is 0 Å². The van der Waals surface area contributed by atoms with Gasteiger partial charge in [-0.05, 0) is 0 Å². The quantitative estimate of drug-likeness (QED) is 0.618. The first-order chi connectivity index (χ1) is 4.22. The van der Waals surface area contributed by atoms with E-state index in [1.54, 1.807) is 0 Å². The summed E-state index contributed by atoms with van der Waals surface area (Å²) in [5.41, 5.74) is 6.13. The van der Waals surface area contributed by atoms with Gasteiger partial charge in [-0.1, -0.05) is 19.0 Å². The molecule has 3 heteroatoms. The minimum atomic E-state index is 0.326. The fourth-order valence-corrected chi connectivity index (χ4v) is 0.695. The minimum absolute atomic E-state index is 0.326. The zero-order chi connectivity index (χ0) is 6.85. The summed E-state index contributed by atoms with van der Waals surface area (Å²) in [5.74, 6) is 1.10. The number of hydrogen-bond acceptors (Lipinski definition) is 3. The van der Waals surface area contributed by atoms with Crippen molar-refractivity contribution in [3.63, 3.8) is 0 Å². The maximum absolute atomic E-state index is 5.49. The highest BCUT2D eigenvalue weighted by Gasteiger charge is 2.07. The van der Waals surface area contributed by atoms with Crippen LogP contribution in [0.4, 0.5) is 5.69 Å². The zero-order valence-electron chi connectivity index (χ0n) is 5.59. The van der Waals surface area contributed by atoms with Crippen LogP contribution in [0.5, 0.6) is 0 Å². The van der Waals surface area contributed by atoms with Gasteiger partial charge in [0, 0.05) is 5.92 Å². The monoisotopic (exact) mass is 126 g/mol. The first-order valence-electron chi connectivity index (χ1n) is 2.92. The molecule has 3 nitrogen and oxygen atoms in total. The van der Waals surface area contributed by atoms with E-state index < -0.39 is 0 Å². The van der Waals surface area contributed by atoms with E-state index >= 15 is 0 Å². The van der Waals surface area contributed by atoms with Gasteiger partial charge in [0.2, 0.25) is 0 Å². The Balaban J connectivity index is 2.94. The molecule has 0 fully saturated rings. The minimum Gasteiger partial charge on any atom is -0.395 e. The average Bonchev–Trinajstić information content (AvgIpc) is 2.13. The van der Waals surface area contributed by atoms with Gasteiger partial charge in [-0.25, -0.2) is 0 Å². The van der Waals surface area contributed by atoms with Gasteiger partial charge in [0.15, 0.2) is 5.76 Å². The van der Waals surface area contributed by atoms with Crippen molar-refractivity contribution in [2.75, 3.05) is 5.73 Å². The van der Waals surface area contributed by atoms with Crippen molar-refractivity contribution in [2.24, 2.45) is 0 Å². The van der Waals surface area contributed by atoms with Gasteiger partial charge in [0.05, 0.1) is 11.9 Å². The largest absolute Gasteiger partial charge is 0.395 e. The maximum atomic E-state index is 5.49.